The summed E-state index contributed by atoms with van der Waals surface area (Å²) in [7, 11) is 4.68. The molecule has 146 valence electrons. The number of nitrogens with two attached hydrogens (primary N) is 1. The Balaban J connectivity index is 1.83. The van der Waals surface area contributed by atoms with Crippen LogP contribution >= 0.6 is 0 Å². The van der Waals surface area contributed by atoms with E-state index in [-0.39, 0.29) is 5.91 Å². The molecule has 2 aromatic rings. The predicted octanol–water partition coefficient (Wildman–Crippen LogP) is 0.913. The van der Waals surface area contributed by atoms with Gasteiger partial charge in [-0.3, -0.25) is 4.79 Å². The molecule has 0 spiro atoms. The maximum atomic E-state index is 12.2. The highest BCUT2D eigenvalue weighted by atomic mass is 16.5. The van der Waals surface area contributed by atoms with Crippen LogP contribution in [-0.2, 0) is 9.53 Å². The molecule has 2 heterocycles. The Hall–Kier alpha value is -2.81. The number of fused-ring (bicyclic) bond motifs is 1. The quantitative estimate of drug-likeness (QED) is 0.823. The molecule has 0 aliphatic carbocycles. The molecule has 9 heteroatoms. The Kier molecular flexibility index (Phi) is 5.50. The Bertz CT molecular complexity index is 836. The van der Waals surface area contributed by atoms with Crippen molar-refractivity contribution in [3.63, 3.8) is 0 Å². The molecular formula is C18H25N5O4. The number of benzene rings is 1. The van der Waals surface area contributed by atoms with E-state index in [1.807, 2.05) is 4.90 Å². The van der Waals surface area contributed by atoms with Crippen LogP contribution in [0.25, 0.3) is 10.9 Å². The molecule has 0 saturated carbocycles. The molecule has 1 aliphatic heterocycles. The summed E-state index contributed by atoms with van der Waals surface area (Å²) in [5.41, 5.74) is 6.84. The van der Waals surface area contributed by atoms with Crippen LogP contribution in [-0.4, -0.2) is 74.4 Å². The molecular weight excluding hydrogens is 350 g/mol. The van der Waals surface area contributed by atoms with Gasteiger partial charge in [-0.2, -0.15) is 4.98 Å². The first kappa shape index (κ1) is 19.0. The van der Waals surface area contributed by atoms with Gasteiger partial charge in [0.05, 0.1) is 19.7 Å². The van der Waals surface area contributed by atoms with E-state index >= 15 is 0 Å². The number of piperazine rings is 1. The van der Waals surface area contributed by atoms with E-state index < -0.39 is 6.10 Å². The molecule has 1 aliphatic rings. The van der Waals surface area contributed by atoms with Crippen molar-refractivity contribution in [2.45, 2.75) is 13.0 Å². The number of rotatable bonds is 5. The fourth-order valence-corrected chi connectivity index (χ4v) is 3.09. The Labute approximate surface area is 158 Å². The first-order chi connectivity index (χ1) is 13.0. The van der Waals surface area contributed by atoms with Crippen LogP contribution < -0.4 is 20.1 Å². The van der Waals surface area contributed by atoms with Crippen LogP contribution in [0.15, 0.2) is 12.1 Å². The second-order valence-electron chi connectivity index (χ2n) is 6.32. The second kappa shape index (κ2) is 7.83. The third-order valence-corrected chi connectivity index (χ3v) is 4.79. The lowest BCUT2D eigenvalue weighted by Crippen LogP contribution is -2.51. The number of methoxy groups -OCH3 is 3. The van der Waals surface area contributed by atoms with E-state index in [9.17, 15) is 4.79 Å². The third kappa shape index (κ3) is 3.68. The highest BCUT2D eigenvalue weighted by Gasteiger charge is 2.26. The number of nitrogens with zero attached hydrogens (tertiary/aromatic N) is 4. The first-order valence-electron chi connectivity index (χ1n) is 8.74. The average Bonchev–Trinajstić information content (AvgIpc) is 2.71. The molecule has 9 nitrogen and oxygen atoms in total. The summed E-state index contributed by atoms with van der Waals surface area (Å²) in [6, 6.07) is 3.56. The van der Waals surface area contributed by atoms with Gasteiger partial charge in [0.15, 0.2) is 11.5 Å². The van der Waals surface area contributed by atoms with Gasteiger partial charge in [0.2, 0.25) is 5.95 Å². The van der Waals surface area contributed by atoms with Gasteiger partial charge in [-0.15, -0.1) is 0 Å². The molecule has 1 unspecified atom stereocenters. The Morgan fingerprint density at radius 2 is 1.70 bits per heavy atom. The highest BCUT2D eigenvalue weighted by molar-refractivity contribution is 5.91. The summed E-state index contributed by atoms with van der Waals surface area (Å²) in [6.07, 6.45) is -0.438. The van der Waals surface area contributed by atoms with Crippen molar-refractivity contribution in [1.82, 2.24) is 14.9 Å². The Morgan fingerprint density at radius 3 is 2.30 bits per heavy atom. The summed E-state index contributed by atoms with van der Waals surface area (Å²) in [6.45, 7) is 4.17. The molecule has 0 bridgehead atoms. The maximum Gasteiger partial charge on any atom is 0.251 e. The minimum absolute atomic E-state index is 0.00655. The molecule has 0 radical (unpaired) electrons. The van der Waals surface area contributed by atoms with Crippen LogP contribution in [0.4, 0.5) is 11.8 Å². The van der Waals surface area contributed by atoms with E-state index in [0.717, 1.165) is 0 Å². The highest BCUT2D eigenvalue weighted by Crippen LogP contribution is 2.34. The zero-order chi connectivity index (χ0) is 19.6. The van der Waals surface area contributed by atoms with Crippen molar-refractivity contribution < 1.29 is 19.0 Å². The van der Waals surface area contributed by atoms with Gasteiger partial charge in [0.1, 0.15) is 11.9 Å². The van der Waals surface area contributed by atoms with E-state index in [4.69, 9.17) is 19.9 Å². The van der Waals surface area contributed by atoms with Crippen molar-refractivity contribution in [3.8, 4) is 11.5 Å². The number of carbonyl (C=O) groups is 1. The molecule has 1 atom stereocenters. The van der Waals surface area contributed by atoms with E-state index in [1.54, 1.807) is 38.2 Å². The fourth-order valence-electron chi connectivity index (χ4n) is 3.09. The lowest BCUT2D eigenvalue weighted by Gasteiger charge is -2.35. The van der Waals surface area contributed by atoms with Gasteiger partial charge in [0, 0.05) is 44.7 Å². The summed E-state index contributed by atoms with van der Waals surface area (Å²) in [5, 5.41) is 0.708. The predicted molar refractivity (Wildman–Crippen MR) is 102 cm³/mol. The fraction of sp³-hybridized carbons (Fsp3) is 0.500. The number of amides is 1. The standard InChI is InChI=1S/C18H25N5O4/c1-11(25-2)17(24)22-5-7-23(8-6-22)18-20-13-10-15(27-4)14(26-3)9-12(13)16(19)21-18/h9-11H,5-8H2,1-4H3,(H2,19,20,21). The van der Waals surface area contributed by atoms with Crippen LogP contribution in [0, 0.1) is 0 Å². The molecule has 2 N–H and O–H groups in total. The van der Waals surface area contributed by atoms with Crippen LogP contribution in [0.3, 0.4) is 0 Å². The van der Waals surface area contributed by atoms with Gasteiger partial charge < -0.3 is 29.7 Å². The maximum absolute atomic E-state index is 12.2. The number of nitrogen functional groups attached to an aromatic ring is 1. The van der Waals surface area contributed by atoms with Crippen molar-refractivity contribution >= 4 is 28.6 Å². The smallest absolute Gasteiger partial charge is 0.251 e. The summed E-state index contributed by atoms with van der Waals surface area (Å²) < 4.78 is 15.8. The van der Waals surface area contributed by atoms with Crippen LogP contribution in [0.5, 0.6) is 11.5 Å². The summed E-state index contributed by atoms with van der Waals surface area (Å²) in [5.74, 6) is 2.07. The lowest BCUT2D eigenvalue weighted by molar-refractivity contribution is -0.141. The van der Waals surface area contributed by atoms with Gasteiger partial charge in [0.25, 0.3) is 5.91 Å². The van der Waals surface area contributed by atoms with E-state index in [0.29, 0.717) is 60.3 Å². The summed E-state index contributed by atoms with van der Waals surface area (Å²) >= 11 is 0. The Morgan fingerprint density at radius 1 is 1.07 bits per heavy atom. The van der Waals surface area contributed by atoms with Crippen molar-refractivity contribution in [2.75, 3.05) is 58.1 Å². The van der Waals surface area contributed by atoms with Gasteiger partial charge in [-0.1, -0.05) is 0 Å². The van der Waals surface area contributed by atoms with E-state index in [2.05, 4.69) is 9.97 Å². The molecule has 27 heavy (non-hydrogen) atoms. The van der Waals surface area contributed by atoms with E-state index in [1.165, 1.54) is 7.11 Å². The second-order valence-corrected chi connectivity index (χ2v) is 6.32. The van der Waals surface area contributed by atoms with Crippen LogP contribution in [0.2, 0.25) is 0 Å². The van der Waals surface area contributed by atoms with Crippen LogP contribution in [0.1, 0.15) is 6.92 Å². The van der Waals surface area contributed by atoms with Gasteiger partial charge in [-0.05, 0) is 13.0 Å². The molecule has 3 rings (SSSR count). The number of hydrogen-bond donors (Lipinski definition) is 1. The zero-order valence-electron chi connectivity index (χ0n) is 16.1. The monoisotopic (exact) mass is 375 g/mol. The topological polar surface area (TPSA) is 103 Å². The molecule has 1 saturated heterocycles. The average molecular weight is 375 g/mol. The molecule has 1 aromatic heterocycles. The SMILES string of the molecule is COc1cc2nc(N3CCN(C(=O)C(C)OC)CC3)nc(N)c2cc1OC. The number of hydrogen-bond acceptors (Lipinski definition) is 8. The number of anilines is 2. The lowest BCUT2D eigenvalue weighted by atomic mass is 10.2. The van der Waals surface area contributed by atoms with Gasteiger partial charge in [-0.25, -0.2) is 4.98 Å². The number of aromatic nitrogens is 2. The molecule has 1 aromatic carbocycles. The first-order valence-corrected chi connectivity index (χ1v) is 8.74. The van der Waals surface area contributed by atoms with Crippen molar-refractivity contribution in [3.05, 3.63) is 12.1 Å². The van der Waals surface area contributed by atoms with Gasteiger partial charge >= 0.3 is 0 Å². The normalized spacial score (nSPS) is 15.7. The molecule has 1 amide bonds. The van der Waals surface area contributed by atoms with Crippen molar-refractivity contribution in [1.29, 1.82) is 0 Å². The van der Waals surface area contributed by atoms with Crippen molar-refractivity contribution in [2.24, 2.45) is 0 Å². The third-order valence-electron chi connectivity index (χ3n) is 4.79. The minimum Gasteiger partial charge on any atom is -0.493 e. The number of carbonyl (C=O) groups excluding carboxylic acids is 1. The minimum atomic E-state index is -0.438. The number of ether oxygens (including phenoxy) is 3. The zero-order valence-corrected chi connectivity index (χ0v) is 16.1. The molecule has 1 fully saturated rings. The largest absolute Gasteiger partial charge is 0.493 e. The summed E-state index contributed by atoms with van der Waals surface area (Å²) in [4.78, 5) is 25.1.